The number of halogens is 2. The van der Waals surface area contributed by atoms with Crippen molar-refractivity contribution >= 4 is 36.8 Å². The fourth-order valence-electron chi connectivity index (χ4n) is 0.770. The minimum Gasteiger partial charge on any atom is -0.465 e. The van der Waals surface area contributed by atoms with E-state index in [4.69, 9.17) is 11.5 Å². The van der Waals surface area contributed by atoms with E-state index in [1.54, 1.807) is 13.8 Å². The van der Waals surface area contributed by atoms with E-state index in [1.807, 2.05) is 0 Å². The van der Waals surface area contributed by atoms with E-state index in [0.717, 1.165) is 0 Å². The van der Waals surface area contributed by atoms with Gasteiger partial charge in [-0.2, -0.15) is 0 Å². The van der Waals surface area contributed by atoms with Gasteiger partial charge in [0.25, 0.3) is 0 Å². The lowest BCUT2D eigenvalue weighted by Crippen LogP contribution is -2.52. The molecule has 0 saturated heterocycles. The third-order valence-corrected chi connectivity index (χ3v) is 1.50. The van der Waals surface area contributed by atoms with Crippen molar-refractivity contribution in [3.8, 4) is 0 Å². The average molecular weight is 277 g/mol. The van der Waals surface area contributed by atoms with E-state index >= 15 is 0 Å². The summed E-state index contributed by atoms with van der Waals surface area (Å²) < 4.78 is 9.20. The molecular weight excluding hydrogens is 259 g/mol. The van der Waals surface area contributed by atoms with Crippen molar-refractivity contribution in [2.45, 2.75) is 25.9 Å². The molecule has 0 heterocycles. The highest BCUT2D eigenvalue weighted by atomic mass is 35.5. The van der Waals surface area contributed by atoms with Crippen LogP contribution in [0.15, 0.2) is 0 Å². The Bertz CT molecular complexity index is 194. The number of hydrogen-bond donors (Lipinski definition) is 2. The molecule has 4 N–H and O–H groups in total. The number of esters is 2. The molecule has 0 aromatic rings. The summed E-state index contributed by atoms with van der Waals surface area (Å²) in [5, 5.41) is 0. The number of hydrogen-bond acceptors (Lipinski definition) is 6. The molecule has 0 rings (SSSR count). The molecule has 0 spiro atoms. The van der Waals surface area contributed by atoms with Crippen molar-refractivity contribution < 1.29 is 19.1 Å². The van der Waals surface area contributed by atoms with Gasteiger partial charge in [-0.05, 0) is 13.8 Å². The lowest BCUT2D eigenvalue weighted by molar-refractivity contribution is -0.152. The highest BCUT2D eigenvalue weighted by Crippen LogP contribution is 1.94. The maximum Gasteiger partial charge on any atom is 0.325 e. The average Bonchev–Trinajstić information content (AvgIpc) is 2.16. The van der Waals surface area contributed by atoms with Gasteiger partial charge in [0.1, 0.15) is 12.1 Å². The minimum atomic E-state index is -1.17. The van der Waals surface area contributed by atoms with Gasteiger partial charge in [-0.25, -0.2) is 0 Å². The lowest BCUT2D eigenvalue weighted by Gasteiger charge is -2.16. The van der Waals surface area contributed by atoms with Crippen LogP contribution in [0.5, 0.6) is 0 Å². The number of carbonyl (C=O) groups excluding carboxylic acids is 2. The van der Waals surface area contributed by atoms with Crippen LogP contribution in [0.3, 0.4) is 0 Å². The third-order valence-electron chi connectivity index (χ3n) is 1.50. The fourth-order valence-corrected chi connectivity index (χ4v) is 0.770. The van der Waals surface area contributed by atoms with Gasteiger partial charge in [0, 0.05) is 0 Å². The second-order valence-electron chi connectivity index (χ2n) is 2.56. The fraction of sp³-hybridized carbons (Fsp3) is 0.750. The molecular formula is C8H18Cl2N2O4. The van der Waals surface area contributed by atoms with Gasteiger partial charge in [-0.1, -0.05) is 0 Å². The molecule has 0 saturated carbocycles. The molecule has 0 unspecified atom stereocenters. The normalized spacial score (nSPS) is 12.5. The zero-order valence-corrected chi connectivity index (χ0v) is 10.8. The Kier molecular flexibility index (Phi) is 14.2. The summed E-state index contributed by atoms with van der Waals surface area (Å²) in [6, 6.07) is -2.34. The van der Waals surface area contributed by atoms with E-state index in [0.29, 0.717) is 0 Å². The predicted molar refractivity (Wildman–Crippen MR) is 63.7 cm³/mol. The van der Waals surface area contributed by atoms with Gasteiger partial charge in [0.05, 0.1) is 13.2 Å². The second kappa shape index (κ2) is 10.9. The number of carbonyl (C=O) groups is 2. The van der Waals surface area contributed by atoms with Crippen LogP contribution in [0.25, 0.3) is 0 Å². The highest BCUT2D eigenvalue weighted by molar-refractivity contribution is 5.86. The first-order valence-electron chi connectivity index (χ1n) is 4.39. The Morgan fingerprint density at radius 2 is 1.19 bits per heavy atom. The number of nitrogens with two attached hydrogens (primary N) is 2. The Balaban J connectivity index is -0.000000845. The SMILES string of the molecule is CCOC(=O)[C@@H](N)[C@@H](N)C(=O)OCC.Cl.Cl. The standard InChI is InChI=1S/C8H16N2O4.2ClH/c1-3-13-7(11)5(9)6(10)8(12)14-4-2;;/h5-6H,3-4,9-10H2,1-2H3;2*1H/t5-,6+;;. The predicted octanol–water partition coefficient (Wildman–Crippen LogP) is -0.389. The quantitative estimate of drug-likeness (QED) is 0.663. The van der Waals surface area contributed by atoms with E-state index < -0.39 is 24.0 Å². The number of rotatable bonds is 5. The van der Waals surface area contributed by atoms with Crippen LogP contribution >= 0.6 is 24.8 Å². The molecule has 0 fully saturated rings. The van der Waals surface area contributed by atoms with Crippen LogP contribution in [0.2, 0.25) is 0 Å². The summed E-state index contributed by atoms with van der Waals surface area (Å²) in [7, 11) is 0. The van der Waals surface area contributed by atoms with E-state index in [2.05, 4.69) is 9.47 Å². The topological polar surface area (TPSA) is 105 Å². The highest BCUT2D eigenvalue weighted by Gasteiger charge is 2.29. The van der Waals surface area contributed by atoms with Crippen molar-refractivity contribution in [3.63, 3.8) is 0 Å². The van der Waals surface area contributed by atoms with Crippen LogP contribution in [0.1, 0.15) is 13.8 Å². The van der Waals surface area contributed by atoms with Gasteiger partial charge < -0.3 is 20.9 Å². The molecule has 6 nitrogen and oxygen atoms in total. The zero-order chi connectivity index (χ0) is 11.1. The van der Waals surface area contributed by atoms with Crippen molar-refractivity contribution in [1.82, 2.24) is 0 Å². The van der Waals surface area contributed by atoms with Gasteiger partial charge in [0.15, 0.2) is 0 Å². The van der Waals surface area contributed by atoms with E-state index in [1.165, 1.54) is 0 Å². The Morgan fingerprint density at radius 3 is 1.38 bits per heavy atom. The van der Waals surface area contributed by atoms with Crippen molar-refractivity contribution in [2.75, 3.05) is 13.2 Å². The molecule has 0 radical (unpaired) electrons. The van der Waals surface area contributed by atoms with Gasteiger partial charge >= 0.3 is 11.9 Å². The summed E-state index contributed by atoms with van der Waals surface area (Å²) in [5.74, 6) is -1.40. The second-order valence-corrected chi connectivity index (χ2v) is 2.56. The smallest absolute Gasteiger partial charge is 0.325 e. The summed E-state index contributed by atoms with van der Waals surface area (Å²) in [6.45, 7) is 3.67. The van der Waals surface area contributed by atoms with Crippen LogP contribution in [-0.4, -0.2) is 37.2 Å². The summed E-state index contributed by atoms with van der Waals surface area (Å²) in [4.78, 5) is 22.1. The molecule has 0 aromatic heterocycles. The maximum absolute atomic E-state index is 11.1. The Hall–Kier alpha value is -0.560. The molecule has 0 aliphatic heterocycles. The molecule has 98 valence electrons. The van der Waals surface area contributed by atoms with Gasteiger partial charge in [-0.3, -0.25) is 9.59 Å². The first-order chi connectivity index (χ1) is 6.54. The molecule has 8 heteroatoms. The van der Waals surface area contributed by atoms with E-state index in [-0.39, 0.29) is 38.0 Å². The summed E-state index contributed by atoms with van der Waals surface area (Å²) in [6.07, 6.45) is 0. The Morgan fingerprint density at radius 1 is 0.938 bits per heavy atom. The van der Waals surface area contributed by atoms with Crippen molar-refractivity contribution in [3.05, 3.63) is 0 Å². The molecule has 2 atom stereocenters. The van der Waals surface area contributed by atoms with Crippen LogP contribution in [0, 0.1) is 0 Å². The van der Waals surface area contributed by atoms with Crippen LogP contribution in [-0.2, 0) is 19.1 Å². The first kappa shape index (κ1) is 20.8. The monoisotopic (exact) mass is 276 g/mol. The third kappa shape index (κ3) is 6.84. The maximum atomic E-state index is 11.1. The molecule has 0 amide bonds. The molecule has 0 bridgehead atoms. The summed E-state index contributed by atoms with van der Waals surface area (Å²) >= 11 is 0. The molecule has 0 aliphatic carbocycles. The largest absolute Gasteiger partial charge is 0.465 e. The van der Waals surface area contributed by atoms with Crippen LogP contribution in [0.4, 0.5) is 0 Å². The lowest BCUT2D eigenvalue weighted by atomic mass is 10.1. The van der Waals surface area contributed by atoms with E-state index in [9.17, 15) is 9.59 Å². The zero-order valence-electron chi connectivity index (χ0n) is 9.17. The first-order valence-corrected chi connectivity index (χ1v) is 4.39. The van der Waals surface area contributed by atoms with Gasteiger partial charge in [-0.15, -0.1) is 24.8 Å². The van der Waals surface area contributed by atoms with Crippen molar-refractivity contribution in [2.24, 2.45) is 11.5 Å². The van der Waals surface area contributed by atoms with Crippen molar-refractivity contribution in [1.29, 1.82) is 0 Å². The summed E-state index contributed by atoms with van der Waals surface area (Å²) in [5.41, 5.74) is 10.8. The van der Waals surface area contributed by atoms with Crippen LogP contribution < -0.4 is 11.5 Å². The molecule has 0 aliphatic rings. The minimum absolute atomic E-state index is 0. The van der Waals surface area contributed by atoms with Gasteiger partial charge in [0.2, 0.25) is 0 Å². The molecule has 16 heavy (non-hydrogen) atoms. The number of ether oxygens (including phenoxy) is 2. The molecule has 0 aromatic carbocycles. The Labute approximate surface area is 107 Å².